The van der Waals surface area contributed by atoms with E-state index in [1.165, 1.54) is 84.4 Å². The van der Waals surface area contributed by atoms with Crippen LogP contribution in [0.3, 0.4) is 0 Å². The van der Waals surface area contributed by atoms with E-state index >= 15 is 0 Å². The van der Waals surface area contributed by atoms with Crippen molar-refractivity contribution in [3.05, 3.63) is 197 Å². The predicted molar refractivity (Wildman–Crippen MR) is 239 cm³/mol. The second-order valence-corrected chi connectivity index (χ2v) is 18.9. The van der Waals surface area contributed by atoms with E-state index in [1.54, 1.807) is 0 Å². The molecule has 258 valence electrons. The van der Waals surface area contributed by atoms with Gasteiger partial charge in [0.1, 0.15) is 0 Å². The van der Waals surface area contributed by atoms with Crippen LogP contribution < -0.4 is 0 Å². The molecule has 0 saturated carbocycles. The Labute approximate surface area is 324 Å². The van der Waals surface area contributed by atoms with Gasteiger partial charge in [0, 0.05) is 11.1 Å². The number of para-hydroxylation sites is 5. The Balaban J connectivity index is 0.998. The Morgan fingerprint density at radius 1 is 0.364 bits per heavy atom. The fourth-order valence-electron chi connectivity index (χ4n) is 8.54. The Kier molecular flexibility index (Phi) is 6.71. The molecule has 8 aromatic carbocycles. The van der Waals surface area contributed by atoms with Gasteiger partial charge in [-0.2, -0.15) is 0 Å². The molecule has 0 atom stereocenters. The number of hydrogen-bond donors (Lipinski definition) is 0. The summed E-state index contributed by atoms with van der Waals surface area (Å²) in [5.41, 5.74) is 14.0. The zero-order valence-corrected chi connectivity index (χ0v) is 31.7. The van der Waals surface area contributed by atoms with Gasteiger partial charge in [-0.25, -0.2) is 0 Å². The number of nitrogens with zero attached hydrogens (tertiary/aromatic N) is 4. The number of aromatic nitrogens is 2. The maximum absolute atomic E-state index is 5.48. The van der Waals surface area contributed by atoms with Gasteiger partial charge in [-0.1, -0.05) is 36.4 Å². The van der Waals surface area contributed by atoms with Crippen LogP contribution in [0, 0.1) is 3.57 Å². The summed E-state index contributed by atoms with van der Waals surface area (Å²) in [5, 5.41) is 4.98. The summed E-state index contributed by atoms with van der Waals surface area (Å²) in [6.07, 6.45) is 0. The molecule has 0 amide bonds. The van der Waals surface area contributed by atoms with E-state index in [4.69, 9.17) is 9.98 Å². The Bertz CT molecular complexity index is 3270. The summed E-state index contributed by atoms with van der Waals surface area (Å²) in [4.78, 5) is 10.7. The number of rotatable bonds is 3. The summed E-state index contributed by atoms with van der Waals surface area (Å²) in [6.45, 7) is 0. The standard InChI is InChI=1S/C50H31IN4/c1-2-15-36(16-3-1)54-45-23-10-5-17-37(45)40-30-34(25-27-47(40)54)32-13-12-14-33(29-32)35-26-28-48-41(31-35)38-18-6-11-24-46(38)55(48)50-51-42-20-7-9-22-44(42)52-49(51)39-19-4-8-21-43(39)53-50/h1-31H. The molecule has 2 aliphatic rings. The molecule has 0 bridgehead atoms. The second kappa shape index (κ2) is 12.0. The van der Waals surface area contributed by atoms with Crippen LogP contribution in [-0.2, 0) is 0 Å². The van der Waals surface area contributed by atoms with E-state index in [1.807, 2.05) is 0 Å². The Morgan fingerprint density at radius 2 is 0.909 bits per heavy atom. The first-order valence-electron chi connectivity index (χ1n) is 18.6. The smallest absolute Gasteiger partial charge is 0.0602 e. The maximum atomic E-state index is 5.48. The first-order valence-corrected chi connectivity index (χ1v) is 21.8. The molecule has 55 heavy (non-hydrogen) atoms. The average Bonchev–Trinajstić information content (AvgIpc) is 3.92. The summed E-state index contributed by atoms with van der Waals surface area (Å²) in [6, 6.07) is 68.2. The van der Waals surface area contributed by atoms with Crippen LogP contribution in [-0.4, -0.2) is 16.7 Å². The monoisotopic (exact) mass is 814 g/mol. The molecule has 0 unspecified atom stereocenters. The van der Waals surface area contributed by atoms with Crippen LogP contribution in [0.1, 0.15) is 5.56 Å². The van der Waals surface area contributed by atoms with Gasteiger partial charge in [0.2, 0.25) is 0 Å². The molecular formula is C50H31IN4. The number of halogens is 1. The summed E-state index contributed by atoms with van der Waals surface area (Å²) in [5.74, 6) is 0. The molecule has 5 heteroatoms. The number of aliphatic imine (C=N–C) groups is 2. The van der Waals surface area contributed by atoms with E-state index in [0.717, 1.165) is 15.2 Å². The van der Waals surface area contributed by atoms with Gasteiger partial charge >= 0.3 is 245 Å². The average molecular weight is 815 g/mol. The number of benzene rings is 8. The van der Waals surface area contributed by atoms with Crippen molar-refractivity contribution in [3.63, 3.8) is 0 Å². The molecule has 12 rings (SSSR count). The van der Waals surface area contributed by atoms with E-state index in [-0.39, 0.29) is 0 Å². The molecule has 0 N–H and O–H groups in total. The van der Waals surface area contributed by atoms with Crippen molar-refractivity contribution in [2.75, 3.05) is 0 Å². The van der Waals surface area contributed by atoms with Gasteiger partial charge in [0.25, 0.3) is 0 Å². The zero-order chi connectivity index (χ0) is 36.0. The van der Waals surface area contributed by atoms with Crippen molar-refractivity contribution < 1.29 is 0 Å². The fraction of sp³-hybridized carbons (Fsp3) is 0. The topological polar surface area (TPSA) is 34.6 Å². The quantitative estimate of drug-likeness (QED) is 0.159. The van der Waals surface area contributed by atoms with Crippen LogP contribution in [0.15, 0.2) is 198 Å². The van der Waals surface area contributed by atoms with E-state index in [2.05, 4.69) is 197 Å². The summed E-state index contributed by atoms with van der Waals surface area (Å²) < 4.78 is 8.56. The van der Waals surface area contributed by atoms with Gasteiger partial charge in [-0.3, -0.25) is 0 Å². The minimum atomic E-state index is -2.19. The van der Waals surface area contributed by atoms with Crippen molar-refractivity contribution in [2.24, 2.45) is 9.98 Å². The van der Waals surface area contributed by atoms with E-state index in [9.17, 15) is 0 Å². The van der Waals surface area contributed by atoms with Crippen LogP contribution in [0.25, 0.3) is 71.6 Å². The fourth-order valence-corrected chi connectivity index (χ4v) is 14.5. The molecule has 2 aromatic heterocycles. The summed E-state index contributed by atoms with van der Waals surface area (Å²) >= 11 is -2.19. The molecule has 0 saturated heterocycles. The first kappa shape index (κ1) is 30.8. The minimum absolute atomic E-state index is 1.000. The normalized spacial score (nSPS) is 13.9. The SMILES string of the molecule is c1ccc(-n2c3ccccc3c3cc(-c4cccc(-c5ccc6c(c5)c5ccccc5n6C5=Nc6ccccc6C6=Nc7ccccc7I65)c4)ccc32)cc1. The number of fused-ring (bicyclic) bond motifs is 11. The predicted octanol–water partition coefficient (Wildman–Crippen LogP) is 13.5. The van der Waals surface area contributed by atoms with Crippen LogP contribution in [0.5, 0.6) is 0 Å². The van der Waals surface area contributed by atoms with Crippen molar-refractivity contribution >= 4 is 82.4 Å². The van der Waals surface area contributed by atoms with Crippen molar-refractivity contribution in [1.82, 2.24) is 9.13 Å². The van der Waals surface area contributed by atoms with Gasteiger partial charge in [-0.15, -0.1) is 0 Å². The Hall–Kier alpha value is -6.57. The van der Waals surface area contributed by atoms with Crippen molar-refractivity contribution in [3.8, 4) is 27.9 Å². The summed E-state index contributed by atoms with van der Waals surface area (Å²) in [7, 11) is 0. The van der Waals surface area contributed by atoms with Crippen LogP contribution >= 0.6 is 19.8 Å². The molecular weight excluding hydrogens is 783 g/mol. The molecule has 4 nitrogen and oxygen atoms in total. The molecule has 0 fully saturated rings. The second-order valence-electron chi connectivity index (χ2n) is 14.1. The molecule has 0 spiro atoms. The third kappa shape index (κ3) is 4.63. The van der Waals surface area contributed by atoms with E-state index in [0.29, 0.717) is 0 Å². The van der Waals surface area contributed by atoms with Gasteiger partial charge in [0.15, 0.2) is 0 Å². The van der Waals surface area contributed by atoms with Gasteiger partial charge in [-0.05, 0) is 18.2 Å². The third-order valence-electron chi connectivity index (χ3n) is 11.0. The first-order chi connectivity index (χ1) is 27.3. The van der Waals surface area contributed by atoms with Gasteiger partial charge in [0.05, 0.1) is 11.0 Å². The molecule has 10 aromatic rings. The van der Waals surface area contributed by atoms with Crippen LogP contribution in [0.4, 0.5) is 11.4 Å². The van der Waals surface area contributed by atoms with Crippen molar-refractivity contribution in [1.29, 1.82) is 0 Å². The zero-order valence-electron chi connectivity index (χ0n) is 29.6. The van der Waals surface area contributed by atoms with Gasteiger partial charge < -0.3 is 4.57 Å². The molecule has 0 radical (unpaired) electrons. The van der Waals surface area contributed by atoms with E-state index < -0.39 is 19.8 Å². The number of hydrogen-bond acceptors (Lipinski definition) is 2. The molecule has 2 aliphatic heterocycles. The van der Waals surface area contributed by atoms with Crippen molar-refractivity contribution in [2.45, 2.75) is 0 Å². The third-order valence-corrected chi connectivity index (χ3v) is 16.6. The van der Waals surface area contributed by atoms with Crippen LogP contribution in [0.2, 0.25) is 0 Å². The molecule has 4 heterocycles. The minimum Gasteiger partial charge on any atom is -0.0602 e. The molecule has 0 aliphatic carbocycles. The Morgan fingerprint density at radius 3 is 1.64 bits per heavy atom.